The number of benzene rings is 3. The molecule has 3 aromatic rings. The maximum Gasteiger partial charge on any atom is 0.338 e. The predicted molar refractivity (Wildman–Crippen MR) is 135 cm³/mol. The van der Waals surface area contributed by atoms with Crippen LogP contribution in [0.15, 0.2) is 71.6 Å². The van der Waals surface area contributed by atoms with Gasteiger partial charge in [0, 0.05) is 10.7 Å². The molecule has 35 heavy (non-hydrogen) atoms. The molecule has 0 aliphatic heterocycles. The summed E-state index contributed by atoms with van der Waals surface area (Å²) in [6.45, 7) is 3.14. The Balaban J connectivity index is 1.93. The number of anilines is 2. The number of halogens is 1. The van der Waals surface area contributed by atoms with Crippen LogP contribution in [0.5, 0.6) is 5.75 Å². The number of carbonyl (C=O) groups excluding carboxylic acids is 2. The number of aryl methyl sites for hydroxylation is 1. The smallest absolute Gasteiger partial charge is 0.338 e. The zero-order chi connectivity index (χ0) is 25.6. The Kier molecular flexibility index (Phi) is 8.37. The number of esters is 1. The quantitative estimate of drug-likeness (QED) is 0.415. The molecule has 1 amide bonds. The Morgan fingerprint density at radius 1 is 1.03 bits per heavy atom. The third kappa shape index (κ3) is 6.32. The van der Waals surface area contributed by atoms with E-state index < -0.39 is 28.4 Å². The van der Waals surface area contributed by atoms with Gasteiger partial charge in [-0.15, -0.1) is 0 Å². The normalized spacial score (nSPS) is 11.0. The minimum Gasteiger partial charge on any atom is -0.497 e. The van der Waals surface area contributed by atoms with Gasteiger partial charge in [-0.2, -0.15) is 0 Å². The molecule has 184 valence electrons. The van der Waals surface area contributed by atoms with Crippen molar-refractivity contribution in [2.45, 2.75) is 18.7 Å². The van der Waals surface area contributed by atoms with Crippen molar-refractivity contribution in [3.05, 3.63) is 82.9 Å². The molecule has 0 aliphatic rings. The summed E-state index contributed by atoms with van der Waals surface area (Å²) in [7, 11) is -2.66. The van der Waals surface area contributed by atoms with Crippen LogP contribution in [-0.4, -0.2) is 40.6 Å². The van der Waals surface area contributed by atoms with Crippen molar-refractivity contribution in [2.75, 3.05) is 29.9 Å². The molecule has 3 rings (SSSR count). The summed E-state index contributed by atoms with van der Waals surface area (Å²) in [6, 6.07) is 16.8. The third-order valence-corrected chi connectivity index (χ3v) is 7.08. The second-order valence-corrected chi connectivity index (χ2v) is 9.76. The van der Waals surface area contributed by atoms with Gasteiger partial charge in [0.2, 0.25) is 5.91 Å². The lowest BCUT2D eigenvalue weighted by Gasteiger charge is -2.24. The topological polar surface area (TPSA) is 102 Å². The monoisotopic (exact) mass is 516 g/mol. The van der Waals surface area contributed by atoms with E-state index >= 15 is 0 Å². The van der Waals surface area contributed by atoms with Gasteiger partial charge in [0.15, 0.2) is 0 Å². The van der Waals surface area contributed by atoms with E-state index in [1.54, 1.807) is 44.2 Å². The first-order valence-electron chi connectivity index (χ1n) is 10.7. The van der Waals surface area contributed by atoms with E-state index in [1.807, 2.05) is 0 Å². The zero-order valence-corrected chi connectivity index (χ0v) is 21.0. The maximum absolute atomic E-state index is 13.5. The third-order valence-electron chi connectivity index (χ3n) is 5.05. The molecule has 1 N–H and O–H groups in total. The molecule has 0 spiro atoms. The van der Waals surface area contributed by atoms with Gasteiger partial charge in [-0.1, -0.05) is 23.7 Å². The number of methoxy groups -OCH3 is 1. The molecule has 0 heterocycles. The van der Waals surface area contributed by atoms with Crippen LogP contribution in [0.2, 0.25) is 5.02 Å². The molecule has 0 unspecified atom stereocenters. The summed E-state index contributed by atoms with van der Waals surface area (Å²) in [5.41, 5.74) is 1.55. The number of ether oxygens (including phenoxy) is 2. The van der Waals surface area contributed by atoms with Gasteiger partial charge in [0.1, 0.15) is 12.3 Å². The molecule has 0 fully saturated rings. The van der Waals surface area contributed by atoms with Crippen LogP contribution >= 0.6 is 11.6 Å². The number of sulfonamides is 1. The summed E-state index contributed by atoms with van der Waals surface area (Å²) >= 11 is 6.10. The molecule has 3 aromatic carbocycles. The average Bonchev–Trinajstić information content (AvgIpc) is 2.84. The van der Waals surface area contributed by atoms with E-state index in [9.17, 15) is 18.0 Å². The Morgan fingerprint density at radius 3 is 2.37 bits per heavy atom. The number of rotatable bonds is 9. The Morgan fingerprint density at radius 2 is 1.74 bits per heavy atom. The van der Waals surface area contributed by atoms with Crippen molar-refractivity contribution in [1.82, 2.24) is 0 Å². The molecule has 0 bridgehead atoms. The second kappa shape index (κ2) is 11.2. The minimum absolute atomic E-state index is 0.0217. The van der Waals surface area contributed by atoms with Crippen LogP contribution in [0.1, 0.15) is 22.8 Å². The highest BCUT2D eigenvalue weighted by Crippen LogP contribution is 2.27. The van der Waals surface area contributed by atoms with E-state index in [0.717, 1.165) is 4.31 Å². The molecule has 8 nitrogen and oxygen atoms in total. The predicted octanol–water partition coefficient (Wildman–Crippen LogP) is 4.67. The van der Waals surface area contributed by atoms with E-state index in [-0.39, 0.29) is 22.8 Å². The van der Waals surface area contributed by atoms with Crippen LogP contribution in [0, 0.1) is 6.92 Å². The zero-order valence-electron chi connectivity index (χ0n) is 19.4. The molecule has 0 saturated carbocycles. The maximum atomic E-state index is 13.5. The summed E-state index contributed by atoms with van der Waals surface area (Å²) < 4.78 is 38.1. The van der Waals surface area contributed by atoms with Gasteiger partial charge in [0.25, 0.3) is 10.0 Å². The molecule has 0 aromatic heterocycles. The van der Waals surface area contributed by atoms with Crippen LogP contribution in [-0.2, 0) is 19.6 Å². The number of nitrogens with one attached hydrogen (secondary N) is 1. The molecule has 10 heteroatoms. The second-order valence-electron chi connectivity index (χ2n) is 7.47. The average molecular weight is 517 g/mol. The van der Waals surface area contributed by atoms with Gasteiger partial charge in [-0.05, 0) is 74.0 Å². The first-order valence-corrected chi connectivity index (χ1v) is 12.5. The van der Waals surface area contributed by atoms with Gasteiger partial charge < -0.3 is 14.8 Å². The van der Waals surface area contributed by atoms with Crippen LogP contribution in [0.4, 0.5) is 11.4 Å². The van der Waals surface area contributed by atoms with Gasteiger partial charge >= 0.3 is 5.97 Å². The summed E-state index contributed by atoms with van der Waals surface area (Å²) in [5, 5.41) is 3.01. The van der Waals surface area contributed by atoms with Crippen molar-refractivity contribution in [1.29, 1.82) is 0 Å². The minimum atomic E-state index is -4.14. The fraction of sp³-hybridized carbons (Fsp3) is 0.200. The highest BCUT2D eigenvalue weighted by molar-refractivity contribution is 7.92. The van der Waals surface area contributed by atoms with E-state index in [0.29, 0.717) is 22.0 Å². The highest BCUT2D eigenvalue weighted by atomic mass is 35.5. The Hall–Kier alpha value is -3.56. The lowest BCUT2D eigenvalue weighted by atomic mass is 10.1. The van der Waals surface area contributed by atoms with Crippen molar-refractivity contribution in [3.63, 3.8) is 0 Å². The lowest BCUT2D eigenvalue weighted by Crippen LogP contribution is -2.38. The molecular formula is C25H25ClN2O6S. The summed E-state index contributed by atoms with van der Waals surface area (Å²) in [6.07, 6.45) is 0. The first-order chi connectivity index (χ1) is 16.6. The van der Waals surface area contributed by atoms with Gasteiger partial charge in [-0.25, -0.2) is 13.2 Å². The van der Waals surface area contributed by atoms with E-state index in [2.05, 4.69) is 5.32 Å². The summed E-state index contributed by atoms with van der Waals surface area (Å²) in [5.74, 6) is -0.634. The fourth-order valence-corrected chi connectivity index (χ4v) is 4.84. The van der Waals surface area contributed by atoms with Crippen LogP contribution in [0.3, 0.4) is 0 Å². The molecule has 0 radical (unpaired) electrons. The first kappa shape index (κ1) is 26.1. The Labute approximate surface area is 209 Å². The van der Waals surface area contributed by atoms with Gasteiger partial charge in [-0.3, -0.25) is 9.10 Å². The van der Waals surface area contributed by atoms with Gasteiger partial charge in [0.05, 0.1) is 29.9 Å². The Bertz CT molecular complexity index is 1330. The van der Waals surface area contributed by atoms with Crippen LogP contribution in [0.25, 0.3) is 0 Å². The highest BCUT2D eigenvalue weighted by Gasteiger charge is 2.28. The molecular weight excluding hydrogens is 492 g/mol. The number of hydrogen-bond acceptors (Lipinski definition) is 6. The van der Waals surface area contributed by atoms with Crippen molar-refractivity contribution in [2.24, 2.45) is 0 Å². The van der Waals surface area contributed by atoms with Crippen molar-refractivity contribution < 1.29 is 27.5 Å². The number of hydrogen-bond donors (Lipinski definition) is 1. The largest absolute Gasteiger partial charge is 0.497 e. The van der Waals surface area contributed by atoms with Crippen molar-refractivity contribution >= 4 is 44.9 Å². The number of carbonyl (C=O) groups is 2. The summed E-state index contributed by atoms with van der Waals surface area (Å²) in [4.78, 5) is 25.1. The fourth-order valence-electron chi connectivity index (χ4n) is 3.24. The SMILES string of the molecule is CCOC(=O)c1ccc(C)c(NC(=O)CN(c2cccc(Cl)c2)S(=O)(=O)c2ccc(OC)cc2)c1. The number of nitrogens with zero attached hydrogens (tertiary/aromatic N) is 1. The van der Waals surface area contributed by atoms with E-state index in [1.165, 1.54) is 43.5 Å². The molecule has 0 atom stereocenters. The van der Waals surface area contributed by atoms with Crippen molar-refractivity contribution in [3.8, 4) is 5.75 Å². The standard InChI is InChI=1S/C25H25ClN2O6S/c1-4-34-25(30)18-9-8-17(2)23(14-18)27-24(29)16-28(20-7-5-6-19(26)15-20)35(31,32)22-12-10-21(33-3)11-13-22/h5-15H,4,16H2,1-3H3,(H,27,29). The lowest BCUT2D eigenvalue weighted by molar-refractivity contribution is -0.114. The van der Waals surface area contributed by atoms with E-state index in [4.69, 9.17) is 21.1 Å². The molecule has 0 aliphatic carbocycles. The number of amides is 1. The van der Waals surface area contributed by atoms with Crippen LogP contribution < -0.4 is 14.4 Å². The molecule has 0 saturated heterocycles.